The van der Waals surface area contributed by atoms with Crippen LogP contribution in [0.2, 0.25) is 0 Å². The number of piperazine rings is 1. The van der Waals surface area contributed by atoms with Gasteiger partial charge in [0.2, 0.25) is 5.91 Å². The first kappa shape index (κ1) is 17.5. The van der Waals surface area contributed by atoms with Gasteiger partial charge in [-0.15, -0.1) is 11.3 Å². The maximum Gasteiger partial charge on any atom is 0.328 e. The Bertz CT molecular complexity index is 1060. The van der Waals surface area contributed by atoms with Crippen LogP contribution < -0.4 is 16.1 Å². The molecule has 0 saturated carbocycles. The van der Waals surface area contributed by atoms with E-state index in [-0.39, 0.29) is 24.4 Å². The molecule has 0 unspecified atom stereocenters. The summed E-state index contributed by atoms with van der Waals surface area (Å²) < 4.78 is 1.62. The number of hydrogen-bond donors (Lipinski definition) is 1. The van der Waals surface area contributed by atoms with Crippen LogP contribution in [-0.2, 0) is 11.3 Å². The summed E-state index contributed by atoms with van der Waals surface area (Å²) in [6.45, 7) is 2.71. The SMILES string of the molecule is O=C(CCn1c(=O)[nH]c2ccsc2c1=O)N1CCN(c2ccccn2)CC1. The number of aromatic amines is 1. The molecule has 0 spiro atoms. The topological polar surface area (TPSA) is 91.3 Å². The predicted molar refractivity (Wildman–Crippen MR) is 104 cm³/mol. The molecule has 3 aromatic heterocycles. The number of pyridine rings is 1. The van der Waals surface area contributed by atoms with Crippen LogP contribution in [0.25, 0.3) is 10.2 Å². The predicted octanol–water partition coefficient (Wildman–Crippen LogP) is 0.885. The third-order valence-corrected chi connectivity index (χ3v) is 5.65. The van der Waals surface area contributed by atoms with Gasteiger partial charge in [-0.25, -0.2) is 9.78 Å². The van der Waals surface area contributed by atoms with Gasteiger partial charge in [0.25, 0.3) is 5.56 Å². The smallest absolute Gasteiger partial charge is 0.328 e. The summed E-state index contributed by atoms with van der Waals surface area (Å²) in [5.74, 6) is 0.861. The summed E-state index contributed by atoms with van der Waals surface area (Å²) in [7, 11) is 0. The molecule has 8 nitrogen and oxygen atoms in total. The van der Waals surface area contributed by atoms with Crippen molar-refractivity contribution in [2.75, 3.05) is 31.1 Å². The molecule has 0 atom stereocenters. The first-order chi connectivity index (χ1) is 13.1. The van der Waals surface area contributed by atoms with Crippen LogP contribution in [0.5, 0.6) is 0 Å². The molecule has 1 aliphatic heterocycles. The van der Waals surface area contributed by atoms with Gasteiger partial charge >= 0.3 is 5.69 Å². The van der Waals surface area contributed by atoms with Crippen LogP contribution in [0.1, 0.15) is 6.42 Å². The van der Waals surface area contributed by atoms with Gasteiger partial charge in [0.15, 0.2) is 0 Å². The Hall–Kier alpha value is -2.94. The second-order valence-corrected chi connectivity index (χ2v) is 7.27. The molecule has 1 N–H and O–H groups in total. The zero-order chi connectivity index (χ0) is 18.8. The van der Waals surface area contributed by atoms with Crippen LogP contribution in [-0.4, -0.2) is 51.5 Å². The third kappa shape index (κ3) is 3.50. The van der Waals surface area contributed by atoms with Crippen molar-refractivity contribution in [1.82, 2.24) is 19.4 Å². The van der Waals surface area contributed by atoms with Crippen LogP contribution in [0.15, 0.2) is 45.4 Å². The molecule has 4 heterocycles. The summed E-state index contributed by atoms with van der Waals surface area (Å²) in [6.07, 6.45) is 1.88. The minimum Gasteiger partial charge on any atom is -0.353 e. The summed E-state index contributed by atoms with van der Waals surface area (Å²) in [5.41, 5.74) is -0.265. The number of nitrogens with one attached hydrogen (secondary N) is 1. The van der Waals surface area contributed by atoms with E-state index in [2.05, 4.69) is 14.9 Å². The van der Waals surface area contributed by atoms with E-state index >= 15 is 0 Å². The van der Waals surface area contributed by atoms with Crippen molar-refractivity contribution in [1.29, 1.82) is 0 Å². The lowest BCUT2D eigenvalue weighted by molar-refractivity contribution is -0.131. The second-order valence-electron chi connectivity index (χ2n) is 6.36. The van der Waals surface area contributed by atoms with Crippen LogP contribution >= 0.6 is 11.3 Å². The van der Waals surface area contributed by atoms with E-state index in [0.717, 1.165) is 10.4 Å². The fraction of sp³-hybridized carbons (Fsp3) is 0.333. The Morgan fingerprint density at radius 2 is 1.96 bits per heavy atom. The Morgan fingerprint density at radius 3 is 2.70 bits per heavy atom. The normalized spacial score (nSPS) is 14.7. The number of fused-ring (bicyclic) bond motifs is 1. The van der Waals surface area contributed by atoms with Crippen LogP contribution in [0, 0.1) is 0 Å². The van der Waals surface area contributed by atoms with Gasteiger partial charge in [-0.05, 0) is 23.6 Å². The number of H-pyrrole nitrogens is 1. The Kier molecular flexibility index (Phi) is 4.76. The molecule has 0 radical (unpaired) electrons. The molecule has 0 aromatic carbocycles. The summed E-state index contributed by atoms with van der Waals surface area (Å²) in [6, 6.07) is 7.48. The lowest BCUT2D eigenvalue weighted by Crippen LogP contribution is -2.49. The molecule has 27 heavy (non-hydrogen) atoms. The van der Waals surface area contributed by atoms with E-state index in [1.165, 1.54) is 11.3 Å². The maximum absolute atomic E-state index is 12.5. The molecular weight excluding hydrogens is 366 g/mol. The highest BCUT2D eigenvalue weighted by Gasteiger charge is 2.22. The summed E-state index contributed by atoms with van der Waals surface area (Å²) >= 11 is 1.29. The van der Waals surface area contributed by atoms with E-state index in [1.807, 2.05) is 18.2 Å². The van der Waals surface area contributed by atoms with E-state index in [0.29, 0.717) is 36.4 Å². The van der Waals surface area contributed by atoms with Gasteiger partial charge in [0, 0.05) is 45.3 Å². The van der Waals surface area contributed by atoms with E-state index < -0.39 is 5.69 Å². The van der Waals surface area contributed by atoms with Crippen LogP contribution in [0.3, 0.4) is 0 Å². The standard InChI is InChI=1S/C18H19N5O3S/c24-15(22-10-8-21(9-11-22)14-3-1-2-6-19-14)4-7-23-17(25)16-13(5-12-27-16)20-18(23)26/h1-3,5-6,12H,4,7-11H2,(H,20,26). The molecule has 9 heteroatoms. The van der Waals surface area contributed by atoms with Crippen molar-refractivity contribution in [2.45, 2.75) is 13.0 Å². The summed E-state index contributed by atoms with van der Waals surface area (Å²) in [4.78, 5) is 48.0. The van der Waals surface area contributed by atoms with Gasteiger partial charge in [0.05, 0.1) is 5.52 Å². The molecular formula is C18H19N5O3S. The number of carbonyl (C=O) groups excluding carboxylic acids is 1. The highest BCUT2D eigenvalue weighted by Crippen LogP contribution is 2.14. The number of anilines is 1. The Balaban J connectivity index is 1.38. The minimum atomic E-state index is -0.473. The first-order valence-electron chi connectivity index (χ1n) is 8.77. The van der Waals surface area contributed by atoms with Crippen molar-refractivity contribution >= 4 is 33.3 Å². The molecule has 1 amide bonds. The van der Waals surface area contributed by atoms with Gasteiger partial charge in [0.1, 0.15) is 10.5 Å². The fourth-order valence-electron chi connectivity index (χ4n) is 3.27. The second kappa shape index (κ2) is 7.36. The average molecular weight is 385 g/mol. The zero-order valence-electron chi connectivity index (χ0n) is 14.6. The number of thiophene rings is 1. The van der Waals surface area contributed by atoms with Gasteiger partial charge < -0.3 is 14.8 Å². The van der Waals surface area contributed by atoms with Gasteiger partial charge in [-0.1, -0.05) is 6.07 Å². The number of nitrogens with zero attached hydrogens (tertiary/aromatic N) is 4. The van der Waals surface area contributed by atoms with Crippen molar-refractivity contribution in [3.8, 4) is 0 Å². The molecule has 3 aromatic rings. The van der Waals surface area contributed by atoms with E-state index in [1.54, 1.807) is 22.5 Å². The van der Waals surface area contributed by atoms with Crippen LogP contribution in [0.4, 0.5) is 5.82 Å². The third-order valence-electron chi connectivity index (χ3n) is 4.75. The minimum absolute atomic E-state index is 0.0479. The van der Waals surface area contributed by atoms with Crippen molar-refractivity contribution in [3.05, 3.63) is 56.7 Å². The number of carbonyl (C=O) groups is 1. The van der Waals surface area contributed by atoms with Gasteiger partial charge in [-0.3, -0.25) is 14.2 Å². The highest BCUT2D eigenvalue weighted by molar-refractivity contribution is 7.17. The molecule has 1 saturated heterocycles. The monoisotopic (exact) mass is 385 g/mol. The largest absolute Gasteiger partial charge is 0.353 e. The fourth-order valence-corrected chi connectivity index (χ4v) is 4.06. The lowest BCUT2D eigenvalue weighted by atomic mass is 10.2. The number of amides is 1. The maximum atomic E-state index is 12.5. The molecule has 0 bridgehead atoms. The number of rotatable bonds is 4. The molecule has 1 fully saturated rings. The van der Waals surface area contributed by atoms with Crippen molar-refractivity contribution in [2.24, 2.45) is 0 Å². The number of aromatic nitrogens is 3. The molecule has 1 aliphatic rings. The Morgan fingerprint density at radius 1 is 1.15 bits per heavy atom. The van der Waals surface area contributed by atoms with Gasteiger partial charge in [-0.2, -0.15) is 0 Å². The first-order valence-corrected chi connectivity index (χ1v) is 9.65. The quantitative estimate of drug-likeness (QED) is 0.720. The summed E-state index contributed by atoms with van der Waals surface area (Å²) in [5, 5.41) is 1.76. The van der Waals surface area contributed by atoms with E-state index in [4.69, 9.17) is 0 Å². The lowest BCUT2D eigenvalue weighted by Gasteiger charge is -2.35. The Labute approximate surface area is 158 Å². The average Bonchev–Trinajstić information content (AvgIpc) is 3.17. The zero-order valence-corrected chi connectivity index (χ0v) is 15.4. The molecule has 4 rings (SSSR count). The van der Waals surface area contributed by atoms with Crippen molar-refractivity contribution in [3.63, 3.8) is 0 Å². The van der Waals surface area contributed by atoms with E-state index in [9.17, 15) is 14.4 Å². The van der Waals surface area contributed by atoms with Crippen molar-refractivity contribution < 1.29 is 4.79 Å². The highest BCUT2D eigenvalue weighted by atomic mass is 32.1. The molecule has 140 valence electrons. The number of hydrogen-bond acceptors (Lipinski definition) is 6. The molecule has 0 aliphatic carbocycles.